The summed E-state index contributed by atoms with van der Waals surface area (Å²) in [5.74, 6) is 0.475. The Morgan fingerprint density at radius 3 is 2.58 bits per heavy atom. The van der Waals surface area contributed by atoms with Gasteiger partial charge in [0.25, 0.3) is 5.91 Å². The molecular weight excluding hydrogens is 368 g/mol. The Balaban J connectivity index is 2.28. The van der Waals surface area contributed by atoms with Gasteiger partial charge in [-0.25, -0.2) is 8.42 Å². The molecule has 5 nitrogen and oxygen atoms in total. The molecule has 0 heterocycles. The van der Waals surface area contributed by atoms with Crippen molar-refractivity contribution in [2.75, 3.05) is 22.0 Å². The summed E-state index contributed by atoms with van der Waals surface area (Å²) >= 11 is 7.70. The lowest BCUT2D eigenvalue weighted by Crippen LogP contribution is -2.15. The molecule has 2 N–H and O–H groups in total. The highest BCUT2D eigenvalue weighted by atomic mass is 35.5. The minimum atomic E-state index is -3.43. The first-order chi connectivity index (χ1) is 11.3. The Bertz CT molecular complexity index is 854. The van der Waals surface area contributed by atoms with Gasteiger partial charge in [0.05, 0.1) is 22.5 Å². The molecular formula is C16H17ClN2O3S2. The van der Waals surface area contributed by atoms with E-state index in [0.29, 0.717) is 5.69 Å². The van der Waals surface area contributed by atoms with Crippen molar-refractivity contribution in [2.45, 2.75) is 11.8 Å². The van der Waals surface area contributed by atoms with Gasteiger partial charge < -0.3 is 5.32 Å². The van der Waals surface area contributed by atoms with E-state index in [1.54, 1.807) is 11.8 Å². The lowest BCUT2D eigenvalue weighted by molar-refractivity contribution is 0.102. The predicted molar refractivity (Wildman–Crippen MR) is 101 cm³/mol. The topological polar surface area (TPSA) is 75.3 Å². The first kappa shape index (κ1) is 18.6. The number of halogens is 1. The van der Waals surface area contributed by atoms with Crippen molar-refractivity contribution in [2.24, 2.45) is 0 Å². The van der Waals surface area contributed by atoms with Gasteiger partial charge in [-0.15, -0.1) is 11.8 Å². The zero-order chi connectivity index (χ0) is 17.7. The second kappa shape index (κ2) is 7.92. The van der Waals surface area contributed by atoms with Crippen molar-refractivity contribution in [1.29, 1.82) is 0 Å². The largest absolute Gasteiger partial charge is 0.321 e. The normalized spacial score (nSPS) is 11.1. The summed E-state index contributed by atoms with van der Waals surface area (Å²) in [6, 6.07) is 11.9. The van der Waals surface area contributed by atoms with Crippen LogP contribution in [0.15, 0.2) is 47.4 Å². The summed E-state index contributed by atoms with van der Waals surface area (Å²) in [7, 11) is -3.43. The maximum Gasteiger partial charge on any atom is 0.257 e. The quantitative estimate of drug-likeness (QED) is 0.736. The van der Waals surface area contributed by atoms with Crippen LogP contribution in [-0.4, -0.2) is 26.3 Å². The lowest BCUT2D eigenvalue weighted by Gasteiger charge is -2.12. The fourth-order valence-electron chi connectivity index (χ4n) is 2.02. The van der Waals surface area contributed by atoms with Gasteiger partial charge in [-0.3, -0.25) is 9.52 Å². The van der Waals surface area contributed by atoms with Crippen molar-refractivity contribution >= 4 is 50.7 Å². The monoisotopic (exact) mass is 384 g/mol. The first-order valence-electron chi connectivity index (χ1n) is 7.10. The number of rotatable bonds is 6. The van der Waals surface area contributed by atoms with E-state index in [1.165, 1.54) is 18.2 Å². The number of sulfonamides is 1. The molecule has 0 aliphatic heterocycles. The molecule has 0 spiro atoms. The number of amides is 1. The average molecular weight is 385 g/mol. The van der Waals surface area contributed by atoms with E-state index in [9.17, 15) is 13.2 Å². The van der Waals surface area contributed by atoms with E-state index < -0.39 is 15.9 Å². The van der Waals surface area contributed by atoms with Gasteiger partial charge in [0, 0.05) is 10.6 Å². The second-order valence-corrected chi connectivity index (χ2v) is 8.41. The van der Waals surface area contributed by atoms with Crippen LogP contribution in [0.25, 0.3) is 0 Å². The highest BCUT2D eigenvalue weighted by molar-refractivity contribution is 7.99. The molecule has 0 aliphatic carbocycles. The zero-order valence-electron chi connectivity index (χ0n) is 13.2. The number of anilines is 2. The van der Waals surface area contributed by atoms with Crippen molar-refractivity contribution in [3.05, 3.63) is 53.1 Å². The minimum Gasteiger partial charge on any atom is -0.321 e. The van der Waals surface area contributed by atoms with E-state index >= 15 is 0 Å². The molecule has 0 fully saturated rings. The molecule has 1 amide bonds. The molecule has 0 bridgehead atoms. The van der Waals surface area contributed by atoms with Gasteiger partial charge in [0.2, 0.25) is 10.0 Å². The van der Waals surface area contributed by atoms with Crippen LogP contribution < -0.4 is 10.0 Å². The third kappa shape index (κ3) is 5.15. The van der Waals surface area contributed by atoms with E-state index in [4.69, 9.17) is 11.6 Å². The number of hydrogen-bond donors (Lipinski definition) is 2. The lowest BCUT2D eigenvalue weighted by atomic mass is 10.2. The van der Waals surface area contributed by atoms with E-state index in [2.05, 4.69) is 10.0 Å². The summed E-state index contributed by atoms with van der Waals surface area (Å²) in [6.07, 6.45) is 1.04. The van der Waals surface area contributed by atoms with Gasteiger partial charge in [0.1, 0.15) is 0 Å². The molecule has 8 heteroatoms. The van der Waals surface area contributed by atoms with Crippen molar-refractivity contribution in [3.63, 3.8) is 0 Å². The molecule has 0 unspecified atom stereocenters. The maximum absolute atomic E-state index is 12.5. The maximum atomic E-state index is 12.5. The highest BCUT2D eigenvalue weighted by Gasteiger charge is 2.14. The van der Waals surface area contributed by atoms with Crippen LogP contribution in [0.1, 0.15) is 17.3 Å². The number of thioether (sulfide) groups is 1. The fraction of sp³-hybridized carbons (Fsp3) is 0.188. The molecule has 0 radical (unpaired) electrons. The summed E-state index contributed by atoms with van der Waals surface area (Å²) < 4.78 is 25.0. The van der Waals surface area contributed by atoms with Gasteiger partial charge in [-0.1, -0.05) is 30.7 Å². The van der Waals surface area contributed by atoms with Gasteiger partial charge in [-0.05, 0) is 36.1 Å². The number of benzene rings is 2. The Hall–Kier alpha value is -1.70. The molecule has 0 saturated heterocycles. The van der Waals surface area contributed by atoms with Crippen LogP contribution in [0.5, 0.6) is 0 Å². The first-order valence-corrected chi connectivity index (χ1v) is 10.4. The Morgan fingerprint density at radius 1 is 1.21 bits per heavy atom. The molecule has 0 atom stereocenters. The van der Waals surface area contributed by atoms with Crippen LogP contribution in [0.4, 0.5) is 11.4 Å². The van der Waals surface area contributed by atoms with Gasteiger partial charge in [-0.2, -0.15) is 0 Å². The number of carbonyl (C=O) groups is 1. The Labute approximate surface area is 150 Å². The van der Waals surface area contributed by atoms with Crippen molar-refractivity contribution in [3.8, 4) is 0 Å². The van der Waals surface area contributed by atoms with Crippen molar-refractivity contribution in [1.82, 2.24) is 0 Å². The highest BCUT2D eigenvalue weighted by Crippen LogP contribution is 2.28. The molecule has 2 aromatic carbocycles. The van der Waals surface area contributed by atoms with E-state index in [0.717, 1.165) is 16.9 Å². The minimum absolute atomic E-state index is 0.196. The van der Waals surface area contributed by atoms with E-state index in [-0.39, 0.29) is 16.3 Å². The zero-order valence-corrected chi connectivity index (χ0v) is 15.6. The molecule has 2 aromatic rings. The third-order valence-corrected chi connectivity index (χ3v) is 4.84. The predicted octanol–water partition coefficient (Wildman–Crippen LogP) is 4.08. The molecule has 0 aromatic heterocycles. The van der Waals surface area contributed by atoms with Crippen LogP contribution >= 0.6 is 23.4 Å². The molecule has 0 aliphatic rings. The number of para-hydroxylation sites is 1. The molecule has 0 saturated carbocycles. The summed E-state index contributed by atoms with van der Waals surface area (Å²) in [6.45, 7) is 2.03. The van der Waals surface area contributed by atoms with Gasteiger partial charge in [0.15, 0.2) is 0 Å². The Morgan fingerprint density at radius 2 is 1.92 bits per heavy atom. The van der Waals surface area contributed by atoms with Crippen LogP contribution in [0.2, 0.25) is 5.02 Å². The van der Waals surface area contributed by atoms with E-state index in [1.807, 2.05) is 31.2 Å². The third-order valence-electron chi connectivity index (χ3n) is 2.95. The number of hydrogen-bond acceptors (Lipinski definition) is 4. The molecule has 24 heavy (non-hydrogen) atoms. The SMILES string of the molecule is CCSc1ccccc1NC(=O)c1cc(NS(C)(=O)=O)ccc1Cl. The summed E-state index contributed by atoms with van der Waals surface area (Å²) in [5, 5.41) is 3.06. The summed E-state index contributed by atoms with van der Waals surface area (Å²) in [4.78, 5) is 13.5. The van der Waals surface area contributed by atoms with Crippen molar-refractivity contribution < 1.29 is 13.2 Å². The fourth-order valence-corrected chi connectivity index (χ4v) is 3.54. The summed E-state index contributed by atoms with van der Waals surface area (Å²) in [5.41, 5.74) is 1.16. The van der Waals surface area contributed by atoms with Crippen LogP contribution in [0, 0.1) is 0 Å². The molecule has 128 valence electrons. The number of nitrogens with one attached hydrogen (secondary N) is 2. The van der Waals surface area contributed by atoms with Crippen LogP contribution in [0.3, 0.4) is 0 Å². The van der Waals surface area contributed by atoms with Crippen LogP contribution in [-0.2, 0) is 10.0 Å². The standard InChI is InChI=1S/C16H17ClN2O3S2/c1-3-23-15-7-5-4-6-14(15)18-16(20)12-10-11(8-9-13(12)17)19-24(2,21)22/h4-10,19H,3H2,1-2H3,(H,18,20). The Kier molecular flexibility index (Phi) is 6.15. The smallest absolute Gasteiger partial charge is 0.257 e. The molecule has 2 rings (SSSR count). The second-order valence-electron chi connectivity index (χ2n) is 4.95. The number of carbonyl (C=O) groups excluding carboxylic acids is 1. The average Bonchev–Trinajstić information content (AvgIpc) is 2.50. The van der Waals surface area contributed by atoms with Gasteiger partial charge >= 0.3 is 0 Å².